The number of piperazine rings is 1. The summed E-state index contributed by atoms with van der Waals surface area (Å²) in [6.07, 6.45) is 9.02. The summed E-state index contributed by atoms with van der Waals surface area (Å²) in [5.74, 6) is 2.11. The Balaban J connectivity index is 1.27. The van der Waals surface area contributed by atoms with Crippen molar-refractivity contribution in [2.45, 2.75) is 62.9 Å². The predicted molar refractivity (Wildman–Crippen MR) is 168 cm³/mol. The van der Waals surface area contributed by atoms with Crippen LogP contribution in [-0.4, -0.2) is 77.6 Å². The van der Waals surface area contributed by atoms with Gasteiger partial charge in [0.15, 0.2) is 0 Å². The maximum Gasteiger partial charge on any atom is 0.319 e. The van der Waals surface area contributed by atoms with E-state index in [1.54, 1.807) is 10.5 Å². The first-order chi connectivity index (χ1) is 21.0. The molecule has 4 aliphatic rings. The lowest BCUT2D eigenvalue weighted by Crippen LogP contribution is -2.55. The molecule has 0 bridgehead atoms. The number of likely N-dealkylation sites (tertiary alicyclic amines) is 1. The lowest BCUT2D eigenvalue weighted by Gasteiger charge is -2.41. The van der Waals surface area contributed by atoms with Gasteiger partial charge in [-0.1, -0.05) is 37.3 Å². The Morgan fingerprint density at radius 2 is 2.02 bits per heavy atom. The van der Waals surface area contributed by atoms with Crippen LogP contribution in [-0.2, 0) is 11.2 Å². The van der Waals surface area contributed by atoms with Crippen molar-refractivity contribution in [1.82, 2.24) is 19.8 Å². The zero-order valence-corrected chi connectivity index (χ0v) is 25.0. The second kappa shape index (κ2) is 11.6. The number of aromatic nitrogens is 2. The smallest absolute Gasteiger partial charge is 0.319 e. The summed E-state index contributed by atoms with van der Waals surface area (Å²) in [6.45, 7) is 6.92. The molecule has 3 fully saturated rings. The number of carbonyl (C=O) groups is 1. The van der Waals surface area contributed by atoms with Crippen molar-refractivity contribution >= 4 is 22.6 Å². The Labute approximate surface area is 254 Å². The van der Waals surface area contributed by atoms with Gasteiger partial charge in [0.25, 0.3) is 0 Å². The molecule has 4 atom stereocenters. The first kappa shape index (κ1) is 27.8. The molecule has 0 radical (unpaired) electrons. The van der Waals surface area contributed by atoms with Gasteiger partial charge in [-0.3, -0.25) is 4.79 Å². The van der Waals surface area contributed by atoms with Crippen molar-refractivity contribution in [2.24, 2.45) is 5.92 Å². The molecule has 7 rings (SSSR count). The SMILES string of the molecule is C=CC(=O)N1CCN(c2nc(OC[C@@H]3CCCN3C)nc3cc(-c4cccc5c4C4CCCC4C5)ccc23)C[C@@H]1CC#N. The number of rotatable bonds is 7. The summed E-state index contributed by atoms with van der Waals surface area (Å²) in [5, 5.41) is 10.5. The summed E-state index contributed by atoms with van der Waals surface area (Å²) < 4.78 is 6.31. The molecular weight excluding hydrogens is 536 g/mol. The zero-order chi connectivity index (χ0) is 29.5. The third-order valence-corrected chi connectivity index (χ3v) is 10.3. The van der Waals surface area contributed by atoms with Crippen LogP contribution in [0, 0.1) is 17.2 Å². The Morgan fingerprint density at radius 3 is 2.84 bits per heavy atom. The molecule has 2 aliphatic heterocycles. The lowest BCUT2D eigenvalue weighted by molar-refractivity contribution is -0.128. The topological polar surface area (TPSA) is 85.6 Å². The number of nitriles is 1. The van der Waals surface area contributed by atoms with Crippen molar-refractivity contribution < 1.29 is 9.53 Å². The lowest BCUT2D eigenvalue weighted by atomic mass is 9.89. The number of amides is 1. The van der Waals surface area contributed by atoms with Gasteiger partial charge in [-0.15, -0.1) is 0 Å². The summed E-state index contributed by atoms with van der Waals surface area (Å²) in [5.41, 5.74) is 6.43. The highest BCUT2D eigenvalue weighted by molar-refractivity contribution is 5.94. The molecule has 43 heavy (non-hydrogen) atoms. The first-order valence-electron chi connectivity index (χ1n) is 15.9. The molecule has 3 aromatic rings. The number of benzene rings is 2. The van der Waals surface area contributed by atoms with Crippen molar-refractivity contribution in [3.8, 4) is 23.2 Å². The van der Waals surface area contributed by atoms with Gasteiger partial charge >= 0.3 is 6.01 Å². The van der Waals surface area contributed by atoms with E-state index >= 15 is 0 Å². The molecule has 8 nitrogen and oxygen atoms in total. The number of hydrogen-bond donors (Lipinski definition) is 0. The Morgan fingerprint density at radius 1 is 1.12 bits per heavy atom. The van der Waals surface area contributed by atoms with E-state index in [0.717, 1.165) is 35.6 Å². The van der Waals surface area contributed by atoms with Crippen LogP contribution < -0.4 is 9.64 Å². The van der Waals surface area contributed by atoms with Gasteiger partial charge in [-0.05, 0) is 98.0 Å². The molecule has 1 saturated carbocycles. The van der Waals surface area contributed by atoms with Crippen LogP contribution in [0.5, 0.6) is 6.01 Å². The van der Waals surface area contributed by atoms with Crippen molar-refractivity contribution in [3.05, 3.63) is 60.2 Å². The predicted octanol–water partition coefficient (Wildman–Crippen LogP) is 5.33. The molecule has 222 valence electrons. The normalized spacial score (nSPS) is 25.0. The molecule has 8 heteroatoms. The van der Waals surface area contributed by atoms with Crippen molar-refractivity contribution in [1.29, 1.82) is 5.26 Å². The highest BCUT2D eigenvalue weighted by Crippen LogP contribution is 2.51. The Kier molecular flexibility index (Phi) is 7.52. The number of anilines is 1. The molecule has 3 heterocycles. The van der Waals surface area contributed by atoms with Gasteiger partial charge in [0.2, 0.25) is 5.91 Å². The van der Waals surface area contributed by atoms with Crippen molar-refractivity contribution in [3.63, 3.8) is 0 Å². The highest BCUT2D eigenvalue weighted by Gasteiger charge is 2.37. The Bertz CT molecular complexity index is 1600. The van der Waals surface area contributed by atoms with E-state index in [2.05, 4.69) is 65.9 Å². The van der Waals surface area contributed by atoms with Gasteiger partial charge < -0.3 is 19.4 Å². The van der Waals surface area contributed by atoms with E-state index in [0.29, 0.717) is 44.2 Å². The molecule has 2 saturated heterocycles. The maximum atomic E-state index is 12.6. The number of likely N-dealkylation sites (N-methyl/N-ethyl adjacent to an activating group) is 1. The molecule has 1 aromatic heterocycles. The molecular formula is C35H40N6O2. The second-order valence-corrected chi connectivity index (χ2v) is 12.7. The summed E-state index contributed by atoms with van der Waals surface area (Å²) >= 11 is 0. The molecule has 1 amide bonds. The number of carbonyl (C=O) groups excluding carboxylic acids is 1. The van der Waals surface area contributed by atoms with E-state index in [4.69, 9.17) is 14.7 Å². The maximum absolute atomic E-state index is 12.6. The minimum atomic E-state index is -0.240. The first-order valence-corrected chi connectivity index (χ1v) is 15.9. The van der Waals surface area contributed by atoms with Gasteiger partial charge in [-0.25, -0.2) is 0 Å². The molecule has 0 spiro atoms. The van der Waals surface area contributed by atoms with Crippen LogP contribution in [0.3, 0.4) is 0 Å². The average molecular weight is 577 g/mol. The standard InChI is InChI=1S/C35H40N6O2/c1-3-32(42)41-18-17-40(21-26(41)14-15-36)34-30-13-12-24(29-11-5-8-25-19-23-7-4-10-28(23)33(25)29)20-31(30)37-35(38-34)43-22-27-9-6-16-39(27)2/h3,5,8,11-13,20,23,26-28H,1,4,6-7,9-10,14,16-19,21-22H2,2H3/t23?,26-,27-,28?/m0/s1. The second-order valence-electron chi connectivity index (χ2n) is 12.7. The average Bonchev–Trinajstić information content (AvgIpc) is 3.75. The fourth-order valence-corrected chi connectivity index (χ4v) is 8.09. The third-order valence-electron chi connectivity index (χ3n) is 10.3. The van der Waals surface area contributed by atoms with Crippen LogP contribution in [0.1, 0.15) is 55.6 Å². The summed E-state index contributed by atoms with van der Waals surface area (Å²) in [4.78, 5) is 28.8. The van der Waals surface area contributed by atoms with E-state index in [-0.39, 0.29) is 18.4 Å². The van der Waals surface area contributed by atoms with Gasteiger partial charge in [-0.2, -0.15) is 15.2 Å². The minimum Gasteiger partial charge on any atom is -0.462 e. The summed E-state index contributed by atoms with van der Waals surface area (Å²) in [6, 6.07) is 16.1. The van der Waals surface area contributed by atoms with E-state index in [9.17, 15) is 10.1 Å². The molecule has 0 N–H and O–H groups in total. The third kappa shape index (κ3) is 5.14. The molecule has 2 unspecified atom stereocenters. The van der Waals surface area contributed by atoms with Crippen LogP contribution in [0.2, 0.25) is 0 Å². The van der Waals surface area contributed by atoms with Crippen LogP contribution in [0.15, 0.2) is 49.1 Å². The van der Waals surface area contributed by atoms with Crippen LogP contribution in [0.25, 0.3) is 22.0 Å². The largest absolute Gasteiger partial charge is 0.462 e. The van der Waals surface area contributed by atoms with Gasteiger partial charge in [0.1, 0.15) is 12.4 Å². The van der Waals surface area contributed by atoms with Crippen molar-refractivity contribution in [2.75, 3.05) is 44.7 Å². The summed E-state index contributed by atoms with van der Waals surface area (Å²) in [7, 11) is 2.15. The zero-order valence-electron chi connectivity index (χ0n) is 25.0. The van der Waals surface area contributed by atoms with E-state index in [1.165, 1.54) is 54.9 Å². The molecule has 2 aliphatic carbocycles. The quantitative estimate of drug-likeness (QED) is 0.352. The number of hydrogen-bond acceptors (Lipinski definition) is 7. The number of fused-ring (bicyclic) bond motifs is 4. The molecule has 2 aromatic carbocycles. The number of ether oxygens (including phenoxy) is 1. The highest BCUT2D eigenvalue weighted by atomic mass is 16.5. The minimum absolute atomic E-state index is 0.137. The fourth-order valence-electron chi connectivity index (χ4n) is 8.09. The van der Waals surface area contributed by atoms with Crippen LogP contribution >= 0.6 is 0 Å². The van der Waals surface area contributed by atoms with E-state index < -0.39 is 0 Å². The number of nitrogens with zero attached hydrogens (tertiary/aromatic N) is 6. The monoisotopic (exact) mass is 576 g/mol. The van der Waals surface area contributed by atoms with E-state index in [1.807, 2.05) is 0 Å². The van der Waals surface area contributed by atoms with Gasteiger partial charge in [0, 0.05) is 31.1 Å². The van der Waals surface area contributed by atoms with Gasteiger partial charge in [0.05, 0.1) is 24.0 Å². The van der Waals surface area contributed by atoms with Crippen LogP contribution in [0.4, 0.5) is 5.82 Å². The fraction of sp³-hybridized carbons (Fsp3) is 0.486. The Hall–Kier alpha value is -3.96.